The van der Waals surface area contributed by atoms with E-state index in [4.69, 9.17) is 0 Å². The minimum Gasteiger partial charge on any atom is -0.390 e. The monoisotopic (exact) mass is 144 g/mol. The first-order valence-corrected chi connectivity index (χ1v) is 3.85. The van der Waals surface area contributed by atoms with E-state index < -0.39 is 0 Å². The van der Waals surface area contributed by atoms with Crippen molar-refractivity contribution in [2.75, 3.05) is 13.1 Å². The topological polar surface area (TPSA) is 44.3 Å². The van der Waals surface area contributed by atoms with Gasteiger partial charge in [-0.2, -0.15) is 0 Å². The van der Waals surface area contributed by atoms with Crippen LogP contribution in [0.1, 0.15) is 13.8 Å². The predicted octanol–water partition coefficient (Wildman–Crippen LogP) is -0.683. The highest BCUT2D eigenvalue weighted by atomic mass is 16.3. The first kappa shape index (κ1) is 7.98. The predicted molar refractivity (Wildman–Crippen MR) is 40.9 cm³/mol. The van der Waals surface area contributed by atoms with Gasteiger partial charge in [-0.05, 0) is 0 Å². The minimum atomic E-state index is -0.206. The summed E-state index contributed by atoms with van der Waals surface area (Å²) in [5.74, 6) is 0. The van der Waals surface area contributed by atoms with Crippen LogP contribution in [0.2, 0.25) is 0 Å². The minimum absolute atomic E-state index is 0.206. The summed E-state index contributed by atoms with van der Waals surface area (Å²) in [5.41, 5.74) is 0. The maximum atomic E-state index is 9.31. The number of rotatable bonds is 2. The summed E-state index contributed by atoms with van der Waals surface area (Å²) in [6.07, 6.45) is -0.206. The van der Waals surface area contributed by atoms with E-state index in [-0.39, 0.29) is 12.1 Å². The van der Waals surface area contributed by atoms with Gasteiger partial charge < -0.3 is 15.7 Å². The van der Waals surface area contributed by atoms with E-state index in [0.29, 0.717) is 6.04 Å². The van der Waals surface area contributed by atoms with Gasteiger partial charge in [-0.25, -0.2) is 0 Å². The van der Waals surface area contributed by atoms with Crippen LogP contribution in [-0.2, 0) is 0 Å². The average molecular weight is 144 g/mol. The molecule has 0 aromatic heterocycles. The highest BCUT2D eigenvalue weighted by molar-refractivity contribution is 4.86. The van der Waals surface area contributed by atoms with Gasteiger partial charge in [0.25, 0.3) is 0 Å². The Morgan fingerprint density at radius 1 is 1.50 bits per heavy atom. The number of aliphatic hydroxyl groups excluding tert-OH is 1. The molecule has 0 unspecified atom stereocenters. The second-order valence-electron chi connectivity index (χ2n) is 3.15. The van der Waals surface area contributed by atoms with Crippen LogP contribution >= 0.6 is 0 Å². The Bertz CT molecular complexity index is 106. The zero-order valence-corrected chi connectivity index (χ0v) is 6.59. The summed E-state index contributed by atoms with van der Waals surface area (Å²) in [4.78, 5) is 0. The van der Waals surface area contributed by atoms with Crippen LogP contribution in [0, 0.1) is 0 Å². The van der Waals surface area contributed by atoms with E-state index in [1.165, 1.54) is 0 Å². The highest BCUT2D eigenvalue weighted by Gasteiger charge is 2.24. The molecule has 1 fully saturated rings. The Kier molecular flexibility index (Phi) is 2.65. The molecule has 0 radical (unpaired) electrons. The summed E-state index contributed by atoms with van der Waals surface area (Å²) < 4.78 is 0. The van der Waals surface area contributed by atoms with Crippen molar-refractivity contribution in [3.8, 4) is 0 Å². The maximum absolute atomic E-state index is 9.31. The second-order valence-corrected chi connectivity index (χ2v) is 3.15. The molecule has 0 aliphatic carbocycles. The summed E-state index contributed by atoms with van der Waals surface area (Å²) in [7, 11) is 0. The summed E-state index contributed by atoms with van der Waals surface area (Å²) in [5, 5.41) is 15.7. The number of nitrogens with one attached hydrogen (secondary N) is 2. The lowest BCUT2D eigenvalue weighted by molar-refractivity contribution is 0.159. The summed E-state index contributed by atoms with van der Waals surface area (Å²) in [6, 6.07) is 0.708. The van der Waals surface area contributed by atoms with E-state index in [1.807, 2.05) is 0 Å². The SMILES string of the molecule is CC(C)N[C@H]1CNC[C@H]1O. The van der Waals surface area contributed by atoms with Crippen LogP contribution < -0.4 is 10.6 Å². The molecule has 3 N–H and O–H groups in total. The first-order chi connectivity index (χ1) is 4.70. The lowest BCUT2D eigenvalue weighted by Crippen LogP contribution is -2.42. The molecule has 3 heteroatoms. The van der Waals surface area contributed by atoms with Crippen LogP contribution in [0.3, 0.4) is 0 Å². The van der Waals surface area contributed by atoms with E-state index in [1.54, 1.807) is 0 Å². The Morgan fingerprint density at radius 3 is 2.60 bits per heavy atom. The van der Waals surface area contributed by atoms with Gasteiger partial charge in [0.2, 0.25) is 0 Å². The van der Waals surface area contributed by atoms with Gasteiger partial charge in [-0.15, -0.1) is 0 Å². The van der Waals surface area contributed by atoms with Crippen molar-refractivity contribution in [2.45, 2.75) is 32.0 Å². The van der Waals surface area contributed by atoms with E-state index >= 15 is 0 Å². The molecule has 0 amide bonds. The largest absolute Gasteiger partial charge is 0.390 e. The molecule has 1 rings (SSSR count). The fourth-order valence-electron chi connectivity index (χ4n) is 1.26. The fourth-order valence-corrected chi connectivity index (χ4v) is 1.26. The van der Waals surface area contributed by atoms with Crippen molar-refractivity contribution in [1.82, 2.24) is 10.6 Å². The van der Waals surface area contributed by atoms with E-state index in [2.05, 4.69) is 24.5 Å². The van der Waals surface area contributed by atoms with Gasteiger partial charge >= 0.3 is 0 Å². The Labute approximate surface area is 61.8 Å². The molecular formula is C7H16N2O. The van der Waals surface area contributed by atoms with Gasteiger partial charge in [0.15, 0.2) is 0 Å². The number of aliphatic hydroxyl groups is 1. The van der Waals surface area contributed by atoms with Gasteiger partial charge in [0.1, 0.15) is 0 Å². The van der Waals surface area contributed by atoms with Crippen LogP contribution in [0.4, 0.5) is 0 Å². The van der Waals surface area contributed by atoms with E-state index in [0.717, 1.165) is 13.1 Å². The average Bonchev–Trinajstić information content (AvgIpc) is 2.15. The Balaban J connectivity index is 2.26. The lowest BCUT2D eigenvalue weighted by atomic mass is 10.2. The highest BCUT2D eigenvalue weighted by Crippen LogP contribution is 1.99. The molecule has 0 bridgehead atoms. The molecule has 1 saturated heterocycles. The summed E-state index contributed by atoms with van der Waals surface area (Å²) in [6.45, 7) is 5.79. The van der Waals surface area contributed by atoms with Crippen molar-refractivity contribution >= 4 is 0 Å². The molecule has 3 nitrogen and oxygen atoms in total. The molecule has 0 aromatic carbocycles. The van der Waals surface area contributed by atoms with Gasteiger partial charge in [-0.1, -0.05) is 13.8 Å². The number of hydrogen-bond acceptors (Lipinski definition) is 3. The smallest absolute Gasteiger partial charge is 0.0829 e. The zero-order chi connectivity index (χ0) is 7.56. The summed E-state index contributed by atoms with van der Waals surface area (Å²) >= 11 is 0. The third kappa shape index (κ3) is 1.94. The van der Waals surface area contributed by atoms with Gasteiger partial charge in [0, 0.05) is 25.2 Å². The first-order valence-electron chi connectivity index (χ1n) is 3.85. The van der Waals surface area contributed by atoms with Crippen LogP contribution in [0.15, 0.2) is 0 Å². The third-order valence-corrected chi connectivity index (χ3v) is 1.73. The van der Waals surface area contributed by atoms with E-state index in [9.17, 15) is 5.11 Å². The third-order valence-electron chi connectivity index (χ3n) is 1.73. The van der Waals surface area contributed by atoms with Crippen molar-refractivity contribution in [2.24, 2.45) is 0 Å². The Morgan fingerprint density at radius 2 is 2.20 bits per heavy atom. The normalized spacial score (nSPS) is 33.6. The fraction of sp³-hybridized carbons (Fsp3) is 1.00. The van der Waals surface area contributed by atoms with Gasteiger partial charge in [0.05, 0.1) is 6.10 Å². The van der Waals surface area contributed by atoms with Crippen molar-refractivity contribution in [3.63, 3.8) is 0 Å². The molecular weight excluding hydrogens is 128 g/mol. The van der Waals surface area contributed by atoms with Gasteiger partial charge in [-0.3, -0.25) is 0 Å². The second kappa shape index (κ2) is 3.32. The van der Waals surface area contributed by atoms with Crippen molar-refractivity contribution < 1.29 is 5.11 Å². The van der Waals surface area contributed by atoms with Crippen LogP contribution in [0.25, 0.3) is 0 Å². The molecule has 1 heterocycles. The van der Waals surface area contributed by atoms with Crippen LogP contribution in [-0.4, -0.2) is 36.4 Å². The zero-order valence-electron chi connectivity index (χ0n) is 6.59. The number of β-amino-alcohol motifs (C(OH)–C–C–N with tert-alkyl or cyclic N) is 1. The quantitative estimate of drug-likeness (QED) is 0.481. The molecule has 10 heavy (non-hydrogen) atoms. The molecule has 0 spiro atoms. The lowest BCUT2D eigenvalue weighted by Gasteiger charge is -2.17. The molecule has 1 aliphatic heterocycles. The molecule has 2 atom stereocenters. The van der Waals surface area contributed by atoms with Crippen molar-refractivity contribution in [3.05, 3.63) is 0 Å². The van der Waals surface area contributed by atoms with Crippen LogP contribution in [0.5, 0.6) is 0 Å². The standard InChI is InChI=1S/C7H16N2O/c1-5(2)9-6-3-8-4-7(6)10/h5-10H,3-4H2,1-2H3/t6-,7+/m0/s1. The van der Waals surface area contributed by atoms with Crippen molar-refractivity contribution in [1.29, 1.82) is 0 Å². The molecule has 0 saturated carbocycles. The maximum Gasteiger partial charge on any atom is 0.0829 e. The molecule has 60 valence electrons. The molecule has 1 aliphatic rings. The molecule has 0 aromatic rings. The Hall–Kier alpha value is -0.120. The number of hydrogen-bond donors (Lipinski definition) is 3.